The largest absolute Gasteiger partial charge is 0.493 e. The van der Waals surface area contributed by atoms with Crippen LogP contribution in [0.25, 0.3) is 0 Å². The van der Waals surface area contributed by atoms with E-state index in [2.05, 4.69) is 51.1 Å². The third-order valence-electron chi connectivity index (χ3n) is 8.47. The fraction of sp³-hybridized carbons (Fsp3) is 0.533. The van der Waals surface area contributed by atoms with Gasteiger partial charge < -0.3 is 14.2 Å². The van der Waals surface area contributed by atoms with Crippen molar-refractivity contribution in [2.24, 2.45) is 11.8 Å². The number of carbonyl (C=O) groups excluding carboxylic acids is 1. The maximum absolute atomic E-state index is 13.7. The van der Waals surface area contributed by atoms with E-state index < -0.39 is 11.6 Å². The van der Waals surface area contributed by atoms with Crippen LogP contribution in [0.4, 0.5) is 4.79 Å². The topological polar surface area (TPSA) is 71.8 Å². The molecule has 36 heavy (non-hydrogen) atoms. The van der Waals surface area contributed by atoms with Gasteiger partial charge in [-0.3, -0.25) is 4.90 Å². The molecule has 1 aliphatic heterocycles. The average molecular weight is 491 g/mol. The summed E-state index contributed by atoms with van der Waals surface area (Å²) in [6.45, 7) is 8.91. The summed E-state index contributed by atoms with van der Waals surface area (Å²) in [5, 5.41) is 10.3. The molecule has 1 heterocycles. The standard InChI is InChI=1S/C30H38N2O4/c1-20-12-13-23(29(2,3)22-10-8-7-9-11-22)25(16-20)36-28(33)32-15-14-21-17-26(34-5)27(35-6)18-24(21)30(32,4)19-31/h7-11,17-18,20,23,25H,12-16H2,1-6H3/t20-,23-,25-,30?/m0/s1. The third-order valence-corrected chi connectivity index (χ3v) is 8.47. The number of carbonyl (C=O) groups is 1. The van der Waals surface area contributed by atoms with Crippen LogP contribution in [0.2, 0.25) is 0 Å². The number of nitriles is 1. The Balaban J connectivity index is 1.63. The molecule has 0 aromatic heterocycles. The first-order valence-electron chi connectivity index (χ1n) is 12.9. The molecule has 2 aromatic carbocycles. The molecule has 2 aliphatic rings. The Morgan fingerprint density at radius 1 is 1.11 bits per heavy atom. The fourth-order valence-corrected chi connectivity index (χ4v) is 6.14. The van der Waals surface area contributed by atoms with Gasteiger partial charge in [-0.2, -0.15) is 5.26 Å². The highest BCUT2D eigenvalue weighted by atomic mass is 16.6. The van der Waals surface area contributed by atoms with Crippen molar-refractivity contribution in [2.75, 3.05) is 20.8 Å². The van der Waals surface area contributed by atoms with Crippen molar-refractivity contribution in [1.82, 2.24) is 4.90 Å². The highest BCUT2D eigenvalue weighted by Crippen LogP contribution is 2.45. The lowest BCUT2D eigenvalue weighted by Crippen LogP contribution is -2.53. The summed E-state index contributed by atoms with van der Waals surface area (Å²) < 4.78 is 17.3. The Bertz CT molecular complexity index is 1140. The van der Waals surface area contributed by atoms with Gasteiger partial charge in [0.05, 0.1) is 20.3 Å². The molecule has 4 rings (SSSR count). The predicted octanol–water partition coefficient (Wildman–Crippen LogP) is 6.22. The zero-order valence-electron chi connectivity index (χ0n) is 22.3. The smallest absolute Gasteiger partial charge is 0.411 e. The van der Waals surface area contributed by atoms with Crippen molar-refractivity contribution in [1.29, 1.82) is 5.26 Å². The molecule has 2 aromatic rings. The number of ether oxygens (including phenoxy) is 3. The first-order chi connectivity index (χ1) is 17.1. The lowest BCUT2D eigenvalue weighted by Gasteiger charge is -2.46. The molecule has 0 N–H and O–H groups in total. The van der Waals surface area contributed by atoms with Crippen LogP contribution in [0.5, 0.6) is 11.5 Å². The number of rotatable bonds is 5. The van der Waals surface area contributed by atoms with Gasteiger partial charge in [0.15, 0.2) is 17.0 Å². The van der Waals surface area contributed by atoms with Crippen LogP contribution in [-0.2, 0) is 22.1 Å². The Morgan fingerprint density at radius 3 is 2.42 bits per heavy atom. The predicted molar refractivity (Wildman–Crippen MR) is 139 cm³/mol. The summed E-state index contributed by atoms with van der Waals surface area (Å²) in [6, 6.07) is 16.6. The molecule has 1 aliphatic carbocycles. The zero-order valence-corrected chi connectivity index (χ0v) is 22.3. The summed E-state index contributed by atoms with van der Waals surface area (Å²) in [6.07, 6.45) is 2.91. The van der Waals surface area contributed by atoms with Crippen molar-refractivity contribution in [3.8, 4) is 17.6 Å². The van der Waals surface area contributed by atoms with Crippen molar-refractivity contribution in [3.05, 3.63) is 59.2 Å². The summed E-state index contributed by atoms with van der Waals surface area (Å²) in [7, 11) is 3.17. The molecule has 4 atom stereocenters. The molecule has 0 bridgehead atoms. The van der Waals surface area contributed by atoms with E-state index in [0.717, 1.165) is 30.4 Å². The normalized spacial score (nSPS) is 25.9. The molecule has 6 heteroatoms. The van der Waals surface area contributed by atoms with Crippen LogP contribution < -0.4 is 9.47 Å². The minimum absolute atomic E-state index is 0.150. The summed E-state index contributed by atoms with van der Waals surface area (Å²) in [4.78, 5) is 15.3. The number of nitrogens with zero attached hydrogens (tertiary/aromatic N) is 2. The van der Waals surface area contributed by atoms with Crippen LogP contribution in [0.15, 0.2) is 42.5 Å². The summed E-state index contributed by atoms with van der Waals surface area (Å²) >= 11 is 0. The fourth-order valence-electron chi connectivity index (χ4n) is 6.14. The molecule has 0 radical (unpaired) electrons. The van der Waals surface area contributed by atoms with Gasteiger partial charge >= 0.3 is 6.09 Å². The van der Waals surface area contributed by atoms with E-state index >= 15 is 0 Å². The molecular weight excluding hydrogens is 452 g/mol. The molecule has 1 amide bonds. The molecule has 0 spiro atoms. The highest BCUT2D eigenvalue weighted by Gasteiger charge is 2.47. The lowest BCUT2D eigenvalue weighted by molar-refractivity contribution is -0.0281. The lowest BCUT2D eigenvalue weighted by atomic mass is 9.64. The van der Waals surface area contributed by atoms with Crippen molar-refractivity contribution in [3.63, 3.8) is 0 Å². The van der Waals surface area contributed by atoms with Gasteiger partial charge in [0.1, 0.15) is 6.10 Å². The van der Waals surface area contributed by atoms with E-state index in [4.69, 9.17) is 14.2 Å². The van der Waals surface area contributed by atoms with Crippen LogP contribution in [0.3, 0.4) is 0 Å². The summed E-state index contributed by atoms with van der Waals surface area (Å²) in [5.41, 5.74) is 1.66. The van der Waals surface area contributed by atoms with Crippen LogP contribution in [-0.4, -0.2) is 37.9 Å². The van der Waals surface area contributed by atoms with Crippen LogP contribution in [0.1, 0.15) is 63.6 Å². The van der Waals surface area contributed by atoms with Crippen molar-refractivity contribution >= 4 is 6.09 Å². The number of fused-ring (bicyclic) bond motifs is 1. The van der Waals surface area contributed by atoms with Crippen molar-refractivity contribution < 1.29 is 19.0 Å². The van der Waals surface area contributed by atoms with E-state index in [0.29, 0.717) is 30.4 Å². The van der Waals surface area contributed by atoms with E-state index in [1.165, 1.54) is 5.56 Å². The van der Waals surface area contributed by atoms with Gasteiger partial charge in [-0.05, 0) is 66.3 Å². The maximum atomic E-state index is 13.7. The van der Waals surface area contributed by atoms with Gasteiger partial charge in [-0.1, -0.05) is 57.5 Å². The highest BCUT2D eigenvalue weighted by molar-refractivity contribution is 5.72. The zero-order chi connectivity index (χ0) is 26.1. The van der Waals surface area contributed by atoms with Crippen molar-refractivity contribution in [2.45, 2.75) is 70.4 Å². The Labute approximate surface area is 215 Å². The van der Waals surface area contributed by atoms with E-state index in [9.17, 15) is 10.1 Å². The minimum atomic E-state index is -1.17. The number of benzene rings is 2. The van der Waals surface area contributed by atoms with Gasteiger partial charge in [-0.25, -0.2) is 4.79 Å². The quantitative estimate of drug-likeness (QED) is 0.498. The van der Waals surface area contributed by atoms with E-state index in [-0.39, 0.29) is 17.4 Å². The Hall–Kier alpha value is -3.20. The minimum Gasteiger partial charge on any atom is -0.493 e. The molecule has 1 saturated carbocycles. The van der Waals surface area contributed by atoms with Gasteiger partial charge in [0.25, 0.3) is 0 Å². The number of methoxy groups -OCH3 is 2. The molecular formula is C30H38N2O4. The molecule has 1 fully saturated rings. The van der Waals surface area contributed by atoms with Crippen LogP contribution >= 0.6 is 0 Å². The Kier molecular flexibility index (Phi) is 7.22. The van der Waals surface area contributed by atoms with E-state index in [1.54, 1.807) is 26.0 Å². The third kappa shape index (κ3) is 4.52. The first kappa shape index (κ1) is 25.9. The Morgan fingerprint density at radius 2 is 1.78 bits per heavy atom. The number of hydrogen-bond donors (Lipinski definition) is 0. The van der Waals surface area contributed by atoms with Gasteiger partial charge in [0, 0.05) is 12.5 Å². The second kappa shape index (κ2) is 10.0. The SMILES string of the molecule is COc1cc2c(cc1OC)C(C)(C#N)N(C(=O)O[C@H]1C[C@@H](C)CC[C@@H]1C(C)(C)c1ccccc1)CC2. The molecule has 192 valence electrons. The molecule has 1 unspecified atom stereocenters. The van der Waals surface area contributed by atoms with Gasteiger partial charge in [-0.15, -0.1) is 0 Å². The molecule has 6 nitrogen and oxygen atoms in total. The maximum Gasteiger partial charge on any atom is 0.411 e. The summed E-state index contributed by atoms with van der Waals surface area (Å²) in [5.74, 6) is 1.83. The number of hydrogen-bond acceptors (Lipinski definition) is 5. The van der Waals surface area contributed by atoms with Gasteiger partial charge in [0.2, 0.25) is 0 Å². The first-order valence-corrected chi connectivity index (χ1v) is 12.9. The second-order valence-corrected chi connectivity index (χ2v) is 11.0. The second-order valence-electron chi connectivity index (χ2n) is 11.0. The molecule has 0 saturated heterocycles. The van der Waals surface area contributed by atoms with E-state index in [1.807, 2.05) is 18.2 Å². The number of amides is 1. The van der Waals surface area contributed by atoms with Crippen LogP contribution in [0, 0.1) is 23.2 Å². The average Bonchev–Trinajstić information content (AvgIpc) is 2.88. The monoisotopic (exact) mass is 490 g/mol.